The Kier molecular flexibility index (Phi) is 5.21. The normalized spacial score (nSPS) is 14.5. The third kappa shape index (κ3) is 3.75. The molecule has 1 N–H and O–H groups in total. The second-order valence-corrected chi connectivity index (χ2v) is 7.24. The zero-order valence-electron chi connectivity index (χ0n) is 16.4. The molecule has 2 aromatic carbocycles. The number of hydrogen-bond acceptors (Lipinski definition) is 5. The standard InChI is InChI=1S/C22H20FN5O2/c1-26-8-10-27(11-9-26)17-4-6-18(7-5-17)28-21(22(29)30)13-20(25-28)15-2-3-16(14-24)19(23)12-15/h2-7,12-13H,8-11H2,1H3,(H,29,30). The van der Waals surface area contributed by atoms with Crippen molar-refractivity contribution >= 4 is 11.7 Å². The van der Waals surface area contributed by atoms with Crippen LogP contribution in [0.25, 0.3) is 16.9 Å². The van der Waals surface area contributed by atoms with E-state index in [9.17, 15) is 14.3 Å². The number of likely N-dealkylation sites (N-methyl/N-ethyl adjacent to an activating group) is 1. The van der Waals surface area contributed by atoms with Crippen LogP contribution in [0.2, 0.25) is 0 Å². The van der Waals surface area contributed by atoms with Gasteiger partial charge in [0.15, 0.2) is 5.69 Å². The van der Waals surface area contributed by atoms with Gasteiger partial charge in [-0.25, -0.2) is 13.9 Å². The number of halogens is 1. The molecule has 1 saturated heterocycles. The Labute approximate surface area is 173 Å². The number of carbonyl (C=O) groups is 1. The van der Waals surface area contributed by atoms with Crippen molar-refractivity contribution in [1.82, 2.24) is 14.7 Å². The lowest BCUT2D eigenvalue weighted by molar-refractivity contribution is 0.0687. The molecular weight excluding hydrogens is 385 g/mol. The van der Waals surface area contributed by atoms with Gasteiger partial charge >= 0.3 is 5.97 Å². The number of benzene rings is 2. The Morgan fingerprint density at radius 1 is 1.07 bits per heavy atom. The summed E-state index contributed by atoms with van der Waals surface area (Å²) in [5.41, 5.74) is 2.30. The summed E-state index contributed by atoms with van der Waals surface area (Å²) in [4.78, 5) is 16.3. The second kappa shape index (κ2) is 7.97. The quantitative estimate of drug-likeness (QED) is 0.718. The molecule has 1 aliphatic heterocycles. The molecule has 152 valence electrons. The molecule has 4 rings (SSSR count). The third-order valence-electron chi connectivity index (χ3n) is 5.28. The molecule has 0 spiro atoms. The highest BCUT2D eigenvalue weighted by Crippen LogP contribution is 2.25. The van der Waals surface area contributed by atoms with Crippen molar-refractivity contribution in [3.8, 4) is 23.0 Å². The summed E-state index contributed by atoms with van der Waals surface area (Å²) in [6, 6.07) is 14.8. The number of nitriles is 1. The Morgan fingerprint density at radius 2 is 1.73 bits per heavy atom. The van der Waals surface area contributed by atoms with Crippen molar-refractivity contribution < 1.29 is 14.3 Å². The first-order valence-electron chi connectivity index (χ1n) is 9.53. The summed E-state index contributed by atoms with van der Waals surface area (Å²) in [6.07, 6.45) is 0. The number of anilines is 1. The molecule has 3 aromatic rings. The maximum absolute atomic E-state index is 14.0. The largest absolute Gasteiger partial charge is 0.477 e. The highest BCUT2D eigenvalue weighted by molar-refractivity contribution is 5.88. The number of piperazine rings is 1. The minimum Gasteiger partial charge on any atom is -0.477 e. The summed E-state index contributed by atoms with van der Waals surface area (Å²) < 4.78 is 15.3. The van der Waals surface area contributed by atoms with E-state index in [-0.39, 0.29) is 11.3 Å². The molecule has 0 radical (unpaired) electrons. The fraction of sp³-hybridized carbons (Fsp3) is 0.227. The molecule has 7 nitrogen and oxygen atoms in total. The molecule has 0 atom stereocenters. The lowest BCUT2D eigenvalue weighted by Gasteiger charge is -2.34. The van der Waals surface area contributed by atoms with Gasteiger partial charge < -0.3 is 14.9 Å². The van der Waals surface area contributed by atoms with Crippen LogP contribution in [0.1, 0.15) is 16.1 Å². The molecular formula is C22H20FN5O2. The van der Waals surface area contributed by atoms with E-state index in [2.05, 4.69) is 21.9 Å². The van der Waals surface area contributed by atoms with Crippen LogP contribution in [0.4, 0.5) is 10.1 Å². The van der Waals surface area contributed by atoms with Crippen LogP contribution >= 0.6 is 0 Å². The van der Waals surface area contributed by atoms with Gasteiger partial charge in [0.1, 0.15) is 11.9 Å². The van der Waals surface area contributed by atoms with Crippen LogP contribution in [0.15, 0.2) is 48.5 Å². The number of aromatic nitrogens is 2. The summed E-state index contributed by atoms with van der Waals surface area (Å²) in [7, 11) is 2.10. The molecule has 0 bridgehead atoms. The van der Waals surface area contributed by atoms with Crippen molar-refractivity contribution in [2.45, 2.75) is 0 Å². The molecule has 2 heterocycles. The van der Waals surface area contributed by atoms with E-state index in [1.807, 2.05) is 24.3 Å². The Hall–Kier alpha value is -3.70. The van der Waals surface area contributed by atoms with Crippen molar-refractivity contribution in [2.75, 3.05) is 38.1 Å². The highest BCUT2D eigenvalue weighted by Gasteiger charge is 2.19. The van der Waals surface area contributed by atoms with Gasteiger partial charge in [0.25, 0.3) is 0 Å². The fourth-order valence-electron chi connectivity index (χ4n) is 3.51. The number of rotatable bonds is 4. The molecule has 1 aliphatic rings. The van der Waals surface area contributed by atoms with E-state index in [1.54, 1.807) is 12.1 Å². The predicted molar refractivity (Wildman–Crippen MR) is 110 cm³/mol. The predicted octanol–water partition coefficient (Wildman–Crippen LogP) is 3.00. The summed E-state index contributed by atoms with van der Waals surface area (Å²) in [6.45, 7) is 3.86. The average Bonchev–Trinajstić information content (AvgIpc) is 3.20. The van der Waals surface area contributed by atoms with E-state index >= 15 is 0 Å². The molecule has 1 aromatic heterocycles. The van der Waals surface area contributed by atoms with Crippen molar-refractivity contribution in [3.63, 3.8) is 0 Å². The Bertz CT molecular complexity index is 1130. The van der Waals surface area contributed by atoms with Gasteiger partial charge in [-0.15, -0.1) is 0 Å². The lowest BCUT2D eigenvalue weighted by atomic mass is 10.1. The van der Waals surface area contributed by atoms with Crippen molar-refractivity contribution in [2.24, 2.45) is 0 Å². The first-order chi connectivity index (χ1) is 14.5. The smallest absolute Gasteiger partial charge is 0.354 e. The van der Waals surface area contributed by atoms with Gasteiger partial charge in [-0.3, -0.25) is 0 Å². The second-order valence-electron chi connectivity index (χ2n) is 7.24. The highest BCUT2D eigenvalue weighted by atomic mass is 19.1. The van der Waals surface area contributed by atoms with Crippen LogP contribution in [0.5, 0.6) is 0 Å². The number of carboxylic acid groups (broad SMARTS) is 1. The molecule has 0 amide bonds. The van der Waals surface area contributed by atoms with Crippen LogP contribution in [-0.4, -0.2) is 59.0 Å². The molecule has 8 heteroatoms. The monoisotopic (exact) mass is 405 g/mol. The summed E-state index contributed by atoms with van der Waals surface area (Å²) >= 11 is 0. The third-order valence-corrected chi connectivity index (χ3v) is 5.28. The van der Waals surface area contributed by atoms with E-state index < -0.39 is 11.8 Å². The first kappa shape index (κ1) is 19.6. The number of nitrogens with zero attached hydrogens (tertiary/aromatic N) is 5. The van der Waals surface area contributed by atoms with Crippen LogP contribution < -0.4 is 4.90 Å². The van der Waals surface area contributed by atoms with Gasteiger partial charge in [0, 0.05) is 37.4 Å². The zero-order chi connectivity index (χ0) is 21.3. The van der Waals surface area contributed by atoms with Crippen LogP contribution in [0.3, 0.4) is 0 Å². The summed E-state index contributed by atoms with van der Waals surface area (Å²) in [5, 5.41) is 22.9. The van der Waals surface area contributed by atoms with E-state index in [0.29, 0.717) is 16.9 Å². The molecule has 0 saturated carbocycles. The van der Waals surface area contributed by atoms with E-state index in [1.165, 1.54) is 22.9 Å². The molecule has 30 heavy (non-hydrogen) atoms. The average molecular weight is 405 g/mol. The molecule has 0 aliphatic carbocycles. The number of hydrogen-bond donors (Lipinski definition) is 1. The maximum Gasteiger partial charge on any atom is 0.354 e. The van der Waals surface area contributed by atoms with Crippen molar-refractivity contribution in [1.29, 1.82) is 5.26 Å². The molecule has 1 fully saturated rings. The lowest BCUT2D eigenvalue weighted by Crippen LogP contribution is -2.44. The topological polar surface area (TPSA) is 85.4 Å². The maximum atomic E-state index is 14.0. The summed E-state index contributed by atoms with van der Waals surface area (Å²) in [5.74, 6) is -1.80. The van der Waals surface area contributed by atoms with Gasteiger partial charge in [-0.05, 0) is 49.5 Å². The fourth-order valence-corrected chi connectivity index (χ4v) is 3.51. The molecule has 0 unspecified atom stereocenters. The minimum absolute atomic E-state index is 0.0258. The SMILES string of the molecule is CN1CCN(c2ccc(-n3nc(-c4ccc(C#N)c(F)c4)cc3C(=O)O)cc2)CC1. The van der Waals surface area contributed by atoms with E-state index in [0.717, 1.165) is 31.9 Å². The zero-order valence-corrected chi connectivity index (χ0v) is 16.4. The minimum atomic E-state index is -1.13. The van der Waals surface area contributed by atoms with Gasteiger partial charge in [-0.2, -0.15) is 10.4 Å². The Balaban J connectivity index is 1.66. The van der Waals surface area contributed by atoms with E-state index in [4.69, 9.17) is 5.26 Å². The number of aromatic carboxylic acids is 1. The van der Waals surface area contributed by atoms with Gasteiger partial charge in [0.05, 0.1) is 16.9 Å². The van der Waals surface area contributed by atoms with Gasteiger partial charge in [-0.1, -0.05) is 6.07 Å². The van der Waals surface area contributed by atoms with Gasteiger partial charge in [0.2, 0.25) is 0 Å². The number of carboxylic acids is 1. The van der Waals surface area contributed by atoms with Crippen molar-refractivity contribution in [3.05, 3.63) is 65.6 Å². The Morgan fingerprint density at radius 3 is 2.33 bits per heavy atom. The first-order valence-corrected chi connectivity index (χ1v) is 9.53. The van der Waals surface area contributed by atoms with Crippen LogP contribution in [0, 0.1) is 17.1 Å². The van der Waals surface area contributed by atoms with Crippen LogP contribution in [-0.2, 0) is 0 Å².